The molecule has 1 aliphatic carbocycles. The summed E-state index contributed by atoms with van der Waals surface area (Å²) in [5.41, 5.74) is 1.61. The fourth-order valence-corrected chi connectivity index (χ4v) is 1.98. The van der Waals surface area contributed by atoms with Crippen LogP contribution in [0, 0.1) is 0 Å². The Morgan fingerprint density at radius 1 is 1.22 bits per heavy atom. The summed E-state index contributed by atoms with van der Waals surface area (Å²) in [5.74, 6) is -0.517. The minimum Gasteiger partial charge on any atom is -0.462 e. The summed E-state index contributed by atoms with van der Waals surface area (Å²) in [6.07, 6.45) is 3.53. The highest BCUT2D eigenvalue weighted by Gasteiger charge is 2.34. The zero-order chi connectivity index (χ0) is 13.1. The molecule has 1 fully saturated rings. The van der Waals surface area contributed by atoms with Crippen LogP contribution in [0.4, 0.5) is 0 Å². The van der Waals surface area contributed by atoms with Gasteiger partial charge >= 0.3 is 11.9 Å². The predicted octanol–water partition coefficient (Wildman–Crippen LogP) is 2.25. The van der Waals surface area contributed by atoms with Crippen LogP contribution in [-0.4, -0.2) is 30.1 Å². The molecule has 0 aliphatic heterocycles. The Kier molecular flexibility index (Phi) is 3.69. The molecule has 1 aromatic heterocycles. The lowest BCUT2D eigenvalue weighted by molar-refractivity contribution is 0.0518. The number of H-pyrrole nitrogens is 1. The molecule has 0 amide bonds. The van der Waals surface area contributed by atoms with Gasteiger partial charge in [-0.05, 0) is 32.6 Å². The van der Waals surface area contributed by atoms with Gasteiger partial charge in [-0.2, -0.15) is 0 Å². The Hall–Kier alpha value is -1.78. The van der Waals surface area contributed by atoms with Gasteiger partial charge in [-0.25, -0.2) is 9.59 Å². The first kappa shape index (κ1) is 12.7. The van der Waals surface area contributed by atoms with E-state index in [1.165, 1.54) is 6.20 Å². The first-order valence-corrected chi connectivity index (χ1v) is 6.24. The number of ether oxygens (including phenoxy) is 2. The lowest BCUT2D eigenvalue weighted by Gasteiger charge is -2.05. The number of hydrogen-bond acceptors (Lipinski definition) is 4. The average Bonchev–Trinajstić information content (AvgIpc) is 3.08. The van der Waals surface area contributed by atoms with Crippen molar-refractivity contribution >= 4 is 11.9 Å². The highest BCUT2D eigenvalue weighted by molar-refractivity contribution is 5.98. The molecule has 5 heteroatoms. The van der Waals surface area contributed by atoms with E-state index in [0.29, 0.717) is 24.5 Å². The van der Waals surface area contributed by atoms with Crippen LogP contribution in [0.15, 0.2) is 6.20 Å². The number of hydrogen-bond donors (Lipinski definition) is 1. The van der Waals surface area contributed by atoms with E-state index in [4.69, 9.17) is 9.47 Å². The Morgan fingerprint density at radius 3 is 2.39 bits per heavy atom. The number of aromatic amines is 1. The van der Waals surface area contributed by atoms with Crippen molar-refractivity contribution in [1.82, 2.24) is 4.98 Å². The Morgan fingerprint density at radius 2 is 1.83 bits per heavy atom. The molecule has 5 nitrogen and oxygen atoms in total. The van der Waals surface area contributed by atoms with E-state index in [9.17, 15) is 9.59 Å². The highest BCUT2D eigenvalue weighted by atomic mass is 16.5. The van der Waals surface area contributed by atoms with E-state index < -0.39 is 5.97 Å². The van der Waals surface area contributed by atoms with Crippen LogP contribution >= 0.6 is 0 Å². The molecular formula is C13H17NO4. The smallest absolute Gasteiger partial charge is 0.355 e. The van der Waals surface area contributed by atoms with Crippen molar-refractivity contribution in [2.75, 3.05) is 13.2 Å². The van der Waals surface area contributed by atoms with Gasteiger partial charge in [0.15, 0.2) is 0 Å². The molecule has 0 saturated heterocycles. The van der Waals surface area contributed by atoms with Crippen molar-refractivity contribution in [3.63, 3.8) is 0 Å². The normalized spacial score (nSPS) is 14.3. The van der Waals surface area contributed by atoms with Gasteiger partial charge in [0.05, 0.1) is 18.8 Å². The summed E-state index contributed by atoms with van der Waals surface area (Å²) < 4.78 is 9.97. The topological polar surface area (TPSA) is 68.4 Å². The van der Waals surface area contributed by atoms with Crippen molar-refractivity contribution in [2.24, 2.45) is 0 Å². The Bertz CT molecular complexity index is 424. The molecule has 18 heavy (non-hydrogen) atoms. The van der Waals surface area contributed by atoms with Gasteiger partial charge in [0.2, 0.25) is 0 Å². The first-order valence-electron chi connectivity index (χ1n) is 6.24. The van der Waals surface area contributed by atoms with Gasteiger partial charge in [-0.3, -0.25) is 0 Å². The third-order valence-corrected chi connectivity index (χ3v) is 2.88. The lowest BCUT2D eigenvalue weighted by Crippen LogP contribution is -2.10. The third-order valence-electron chi connectivity index (χ3n) is 2.88. The van der Waals surface area contributed by atoms with Crippen LogP contribution in [0.25, 0.3) is 0 Å². The predicted molar refractivity (Wildman–Crippen MR) is 64.7 cm³/mol. The number of carbonyl (C=O) groups is 2. The second-order valence-electron chi connectivity index (χ2n) is 4.21. The van der Waals surface area contributed by atoms with Gasteiger partial charge in [0.25, 0.3) is 0 Å². The molecular weight excluding hydrogens is 234 g/mol. The number of rotatable bonds is 5. The van der Waals surface area contributed by atoms with Gasteiger partial charge in [-0.15, -0.1) is 0 Å². The molecule has 1 N–H and O–H groups in total. The molecule has 0 atom stereocenters. The van der Waals surface area contributed by atoms with Crippen LogP contribution < -0.4 is 0 Å². The average molecular weight is 251 g/mol. The van der Waals surface area contributed by atoms with Crippen molar-refractivity contribution in [2.45, 2.75) is 32.6 Å². The van der Waals surface area contributed by atoms with Crippen LogP contribution in [0.3, 0.4) is 0 Å². The Labute approximate surface area is 105 Å². The summed E-state index contributed by atoms with van der Waals surface area (Å²) in [4.78, 5) is 26.4. The molecule has 0 aromatic carbocycles. The molecule has 0 bridgehead atoms. The summed E-state index contributed by atoms with van der Waals surface area (Å²) in [7, 11) is 0. The second kappa shape index (κ2) is 5.25. The number of nitrogens with one attached hydrogen (secondary N) is 1. The maximum atomic E-state index is 11.8. The van der Waals surface area contributed by atoms with E-state index in [1.807, 2.05) is 0 Å². The number of aromatic nitrogens is 1. The SMILES string of the molecule is CCOC(=O)c1c[nH]c(C(=O)OCC)c1C1CC1. The fraction of sp³-hybridized carbons (Fsp3) is 0.538. The largest absolute Gasteiger partial charge is 0.462 e. The van der Waals surface area contributed by atoms with E-state index in [2.05, 4.69) is 4.98 Å². The molecule has 0 spiro atoms. The molecule has 1 saturated carbocycles. The van der Waals surface area contributed by atoms with E-state index in [-0.39, 0.29) is 11.9 Å². The zero-order valence-corrected chi connectivity index (χ0v) is 10.6. The monoisotopic (exact) mass is 251 g/mol. The summed E-state index contributed by atoms with van der Waals surface area (Å²) in [6, 6.07) is 0. The third kappa shape index (κ3) is 2.39. The lowest BCUT2D eigenvalue weighted by atomic mass is 10.1. The van der Waals surface area contributed by atoms with Crippen LogP contribution in [-0.2, 0) is 9.47 Å². The molecule has 2 rings (SSSR count). The van der Waals surface area contributed by atoms with Gasteiger partial charge in [0, 0.05) is 11.8 Å². The molecule has 1 heterocycles. The standard InChI is InChI=1S/C13H17NO4/c1-3-17-12(15)9-7-14-11(13(16)18-4-2)10(9)8-5-6-8/h7-8,14H,3-6H2,1-2H3. The van der Waals surface area contributed by atoms with Crippen LogP contribution in [0.2, 0.25) is 0 Å². The van der Waals surface area contributed by atoms with Gasteiger partial charge in [-0.1, -0.05) is 0 Å². The Balaban J connectivity index is 2.31. The van der Waals surface area contributed by atoms with Crippen LogP contribution in [0.5, 0.6) is 0 Å². The fourth-order valence-electron chi connectivity index (χ4n) is 1.98. The summed E-state index contributed by atoms with van der Waals surface area (Å²) in [5, 5.41) is 0. The quantitative estimate of drug-likeness (QED) is 0.815. The van der Waals surface area contributed by atoms with E-state index in [1.54, 1.807) is 13.8 Å². The summed E-state index contributed by atoms with van der Waals surface area (Å²) in [6.45, 7) is 4.15. The molecule has 98 valence electrons. The zero-order valence-electron chi connectivity index (χ0n) is 10.6. The van der Waals surface area contributed by atoms with E-state index in [0.717, 1.165) is 18.4 Å². The highest BCUT2D eigenvalue weighted by Crippen LogP contribution is 2.43. The van der Waals surface area contributed by atoms with Gasteiger partial charge < -0.3 is 14.5 Å². The van der Waals surface area contributed by atoms with Crippen molar-refractivity contribution < 1.29 is 19.1 Å². The summed E-state index contributed by atoms with van der Waals surface area (Å²) >= 11 is 0. The van der Waals surface area contributed by atoms with Crippen molar-refractivity contribution in [3.05, 3.63) is 23.0 Å². The minimum atomic E-state index is -0.407. The number of carbonyl (C=O) groups excluding carboxylic acids is 2. The van der Waals surface area contributed by atoms with E-state index >= 15 is 0 Å². The van der Waals surface area contributed by atoms with Gasteiger partial charge in [0.1, 0.15) is 5.69 Å². The van der Waals surface area contributed by atoms with Crippen molar-refractivity contribution in [3.8, 4) is 0 Å². The second-order valence-corrected chi connectivity index (χ2v) is 4.21. The van der Waals surface area contributed by atoms with Crippen LogP contribution in [0.1, 0.15) is 59.0 Å². The molecule has 0 unspecified atom stereocenters. The number of esters is 2. The van der Waals surface area contributed by atoms with Crippen molar-refractivity contribution in [1.29, 1.82) is 0 Å². The first-order chi connectivity index (χ1) is 8.69. The maximum Gasteiger partial charge on any atom is 0.355 e. The molecule has 1 aromatic rings. The molecule has 0 radical (unpaired) electrons. The maximum absolute atomic E-state index is 11.8. The minimum absolute atomic E-state index is 0.273. The molecule has 1 aliphatic rings.